The number of hydrogen-bond acceptors (Lipinski definition) is 2. The number of nitrogens with one attached hydrogen (secondary N) is 1. The van der Waals surface area contributed by atoms with E-state index in [4.69, 9.17) is 0 Å². The molecule has 4 heteroatoms. The normalized spacial score (nSPS) is 11.1. The second kappa shape index (κ2) is 6.18. The zero-order valence-electron chi connectivity index (χ0n) is 12.6. The standard InChI is InChI=1S/C16H22FN3/c1-5-8-18-10-13-9-14(17)6-7-15(13)16-11(2)19-20(4)12(16)3/h6-7,9,18H,5,8,10H2,1-4H3. The van der Waals surface area contributed by atoms with E-state index < -0.39 is 0 Å². The SMILES string of the molecule is CCCNCc1cc(F)ccc1-c1c(C)nn(C)c1C. The topological polar surface area (TPSA) is 29.9 Å². The van der Waals surface area contributed by atoms with Crippen LogP contribution in [-0.2, 0) is 13.6 Å². The second-order valence-electron chi connectivity index (χ2n) is 5.15. The predicted molar refractivity (Wildman–Crippen MR) is 80.1 cm³/mol. The van der Waals surface area contributed by atoms with Gasteiger partial charge in [0.15, 0.2) is 0 Å². The van der Waals surface area contributed by atoms with Crippen LogP contribution >= 0.6 is 0 Å². The molecule has 2 rings (SSSR count). The van der Waals surface area contributed by atoms with Crippen molar-refractivity contribution in [1.82, 2.24) is 15.1 Å². The molecule has 108 valence electrons. The van der Waals surface area contributed by atoms with Gasteiger partial charge in [-0.05, 0) is 50.1 Å². The summed E-state index contributed by atoms with van der Waals surface area (Å²) in [5.41, 5.74) is 5.25. The first-order chi connectivity index (χ1) is 9.54. The third kappa shape index (κ3) is 2.90. The molecule has 1 aromatic carbocycles. The van der Waals surface area contributed by atoms with E-state index in [-0.39, 0.29) is 5.82 Å². The van der Waals surface area contributed by atoms with Crippen LogP contribution in [0.2, 0.25) is 0 Å². The number of aryl methyl sites for hydroxylation is 2. The number of benzene rings is 1. The molecule has 1 N–H and O–H groups in total. The maximum absolute atomic E-state index is 13.5. The average molecular weight is 275 g/mol. The maximum Gasteiger partial charge on any atom is 0.123 e. The van der Waals surface area contributed by atoms with Gasteiger partial charge in [-0.3, -0.25) is 4.68 Å². The lowest BCUT2D eigenvalue weighted by Crippen LogP contribution is -2.14. The van der Waals surface area contributed by atoms with Crippen molar-refractivity contribution < 1.29 is 4.39 Å². The highest BCUT2D eigenvalue weighted by atomic mass is 19.1. The molecule has 0 bridgehead atoms. The minimum atomic E-state index is -0.193. The summed E-state index contributed by atoms with van der Waals surface area (Å²) in [6.07, 6.45) is 1.07. The lowest BCUT2D eigenvalue weighted by atomic mass is 9.98. The highest BCUT2D eigenvalue weighted by molar-refractivity contribution is 5.71. The van der Waals surface area contributed by atoms with Crippen LogP contribution in [-0.4, -0.2) is 16.3 Å². The van der Waals surface area contributed by atoms with Crippen LogP contribution in [0.1, 0.15) is 30.3 Å². The van der Waals surface area contributed by atoms with E-state index in [0.717, 1.165) is 41.0 Å². The molecular weight excluding hydrogens is 253 g/mol. The van der Waals surface area contributed by atoms with Crippen LogP contribution in [0.4, 0.5) is 4.39 Å². The fraction of sp³-hybridized carbons (Fsp3) is 0.438. The Kier molecular flexibility index (Phi) is 4.55. The molecule has 0 unspecified atom stereocenters. The van der Waals surface area contributed by atoms with Crippen molar-refractivity contribution in [3.63, 3.8) is 0 Å². The fourth-order valence-corrected chi connectivity index (χ4v) is 2.52. The summed E-state index contributed by atoms with van der Waals surface area (Å²) in [5.74, 6) is -0.193. The van der Waals surface area contributed by atoms with Gasteiger partial charge in [-0.25, -0.2) is 4.39 Å². The monoisotopic (exact) mass is 275 g/mol. The van der Waals surface area contributed by atoms with E-state index in [1.54, 1.807) is 6.07 Å². The molecule has 0 aliphatic heterocycles. The summed E-state index contributed by atoms with van der Waals surface area (Å²) in [7, 11) is 1.93. The molecule has 20 heavy (non-hydrogen) atoms. The molecule has 0 spiro atoms. The third-order valence-electron chi connectivity index (χ3n) is 3.59. The van der Waals surface area contributed by atoms with Gasteiger partial charge in [0, 0.05) is 24.8 Å². The molecule has 0 radical (unpaired) electrons. The molecule has 1 heterocycles. The molecule has 0 saturated heterocycles. The Morgan fingerprint density at radius 2 is 2.05 bits per heavy atom. The second-order valence-corrected chi connectivity index (χ2v) is 5.15. The Hall–Kier alpha value is -1.68. The minimum Gasteiger partial charge on any atom is -0.313 e. The molecule has 0 amide bonds. The molecule has 0 aliphatic carbocycles. The lowest BCUT2D eigenvalue weighted by Gasteiger charge is -2.11. The number of aromatic nitrogens is 2. The summed E-state index contributed by atoms with van der Waals surface area (Å²) in [6.45, 7) is 7.77. The Morgan fingerprint density at radius 3 is 2.65 bits per heavy atom. The molecule has 3 nitrogen and oxygen atoms in total. The molecular formula is C16H22FN3. The lowest BCUT2D eigenvalue weighted by molar-refractivity contribution is 0.619. The van der Waals surface area contributed by atoms with Gasteiger partial charge in [0.1, 0.15) is 5.82 Å². The highest BCUT2D eigenvalue weighted by Crippen LogP contribution is 2.30. The first kappa shape index (κ1) is 14.7. The summed E-state index contributed by atoms with van der Waals surface area (Å²) >= 11 is 0. The van der Waals surface area contributed by atoms with Gasteiger partial charge in [-0.15, -0.1) is 0 Å². The van der Waals surface area contributed by atoms with Crippen molar-refractivity contribution in [2.45, 2.75) is 33.7 Å². The zero-order chi connectivity index (χ0) is 14.7. The van der Waals surface area contributed by atoms with E-state index in [1.165, 1.54) is 6.07 Å². The van der Waals surface area contributed by atoms with Gasteiger partial charge in [0.2, 0.25) is 0 Å². The summed E-state index contributed by atoms with van der Waals surface area (Å²) in [6, 6.07) is 4.99. The largest absolute Gasteiger partial charge is 0.313 e. The molecule has 0 atom stereocenters. The quantitative estimate of drug-likeness (QED) is 0.848. The molecule has 0 fully saturated rings. The van der Waals surface area contributed by atoms with Crippen molar-refractivity contribution in [2.24, 2.45) is 7.05 Å². The number of hydrogen-bond donors (Lipinski definition) is 1. The van der Waals surface area contributed by atoms with Crippen LogP contribution < -0.4 is 5.32 Å². The van der Waals surface area contributed by atoms with Crippen molar-refractivity contribution >= 4 is 0 Å². The average Bonchev–Trinajstić information content (AvgIpc) is 2.65. The molecule has 1 aromatic heterocycles. The van der Waals surface area contributed by atoms with Gasteiger partial charge in [0.05, 0.1) is 5.69 Å². The van der Waals surface area contributed by atoms with E-state index in [9.17, 15) is 4.39 Å². The van der Waals surface area contributed by atoms with Gasteiger partial charge < -0.3 is 5.32 Å². The maximum atomic E-state index is 13.5. The van der Waals surface area contributed by atoms with E-state index in [2.05, 4.69) is 17.3 Å². The van der Waals surface area contributed by atoms with E-state index in [1.807, 2.05) is 31.6 Å². The van der Waals surface area contributed by atoms with Gasteiger partial charge in [0.25, 0.3) is 0 Å². The zero-order valence-corrected chi connectivity index (χ0v) is 12.6. The van der Waals surface area contributed by atoms with Crippen LogP contribution in [0, 0.1) is 19.7 Å². The van der Waals surface area contributed by atoms with Crippen LogP contribution in [0.3, 0.4) is 0 Å². The fourth-order valence-electron chi connectivity index (χ4n) is 2.52. The number of halogens is 1. The first-order valence-electron chi connectivity index (χ1n) is 7.04. The van der Waals surface area contributed by atoms with Gasteiger partial charge in [-0.1, -0.05) is 13.0 Å². The Balaban J connectivity index is 2.44. The van der Waals surface area contributed by atoms with Crippen LogP contribution in [0.5, 0.6) is 0 Å². The van der Waals surface area contributed by atoms with Gasteiger partial charge in [-0.2, -0.15) is 5.10 Å². The highest BCUT2D eigenvalue weighted by Gasteiger charge is 2.15. The predicted octanol–water partition coefficient (Wildman–Crippen LogP) is 3.34. The van der Waals surface area contributed by atoms with Crippen LogP contribution in [0.15, 0.2) is 18.2 Å². The third-order valence-corrected chi connectivity index (χ3v) is 3.59. The van der Waals surface area contributed by atoms with E-state index >= 15 is 0 Å². The van der Waals surface area contributed by atoms with Crippen molar-refractivity contribution in [1.29, 1.82) is 0 Å². The summed E-state index contributed by atoms with van der Waals surface area (Å²) in [4.78, 5) is 0. The summed E-state index contributed by atoms with van der Waals surface area (Å²) < 4.78 is 15.4. The smallest absolute Gasteiger partial charge is 0.123 e. The summed E-state index contributed by atoms with van der Waals surface area (Å²) in [5, 5.41) is 7.79. The Morgan fingerprint density at radius 1 is 1.30 bits per heavy atom. The van der Waals surface area contributed by atoms with E-state index in [0.29, 0.717) is 6.54 Å². The first-order valence-corrected chi connectivity index (χ1v) is 7.04. The molecule has 0 saturated carbocycles. The number of nitrogens with zero attached hydrogens (tertiary/aromatic N) is 2. The van der Waals surface area contributed by atoms with Crippen molar-refractivity contribution in [3.05, 3.63) is 41.0 Å². The number of rotatable bonds is 5. The van der Waals surface area contributed by atoms with Crippen molar-refractivity contribution in [3.8, 4) is 11.1 Å². The molecule has 0 aliphatic rings. The van der Waals surface area contributed by atoms with Gasteiger partial charge >= 0.3 is 0 Å². The Labute approximate surface area is 119 Å². The minimum absolute atomic E-state index is 0.193. The molecule has 2 aromatic rings. The van der Waals surface area contributed by atoms with Crippen LogP contribution in [0.25, 0.3) is 11.1 Å². The Bertz CT molecular complexity index is 602. The van der Waals surface area contributed by atoms with Crippen molar-refractivity contribution in [2.75, 3.05) is 6.54 Å².